The number of rotatable bonds is 5. The summed E-state index contributed by atoms with van der Waals surface area (Å²) in [6.07, 6.45) is 8.31. The molecule has 1 heterocycles. The number of hydrogen-bond donors (Lipinski definition) is 1. The first-order valence-corrected chi connectivity index (χ1v) is 7.21. The van der Waals surface area contributed by atoms with Crippen LogP contribution in [-0.2, 0) is 0 Å². The van der Waals surface area contributed by atoms with E-state index in [0.717, 1.165) is 24.3 Å². The minimum Gasteiger partial charge on any atom is -0.365 e. The topological polar surface area (TPSA) is 24.4 Å². The van der Waals surface area contributed by atoms with Gasteiger partial charge in [0.25, 0.3) is 0 Å². The average Bonchev–Trinajstić information content (AvgIpc) is 2.58. The van der Waals surface area contributed by atoms with E-state index < -0.39 is 0 Å². The fourth-order valence-electron chi connectivity index (χ4n) is 2.15. The Morgan fingerprint density at radius 2 is 2.27 bits per heavy atom. The maximum absolute atomic E-state index is 4.54. The predicted molar refractivity (Wildman–Crippen MR) is 68.5 cm³/mol. The molecule has 1 aliphatic carbocycles. The highest BCUT2D eigenvalue weighted by Gasteiger charge is 2.20. The third-order valence-electron chi connectivity index (χ3n) is 3.38. The Labute approximate surface area is 97.3 Å². The molecule has 1 N–H and O–H groups in total. The van der Waals surface area contributed by atoms with Crippen LogP contribution in [0.2, 0.25) is 0 Å². The van der Waals surface area contributed by atoms with Crippen molar-refractivity contribution in [3.8, 4) is 0 Å². The molecule has 1 saturated carbocycles. The lowest BCUT2D eigenvalue weighted by Gasteiger charge is -2.25. The zero-order valence-corrected chi connectivity index (χ0v) is 10.5. The van der Waals surface area contributed by atoms with Crippen molar-refractivity contribution >= 4 is 16.9 Å². The summed E-state index contributed by atoms with van der Waals surface area (Å²) in [5.41, 5.74) is 0. The quantitative estimate of drug-likeness (QED) is 0.779. The predicted octanol–water partition coefficient (Wildman–Crippen LogP) is 3.04. The van der Waals surface area contributed by atoms with Gasteiger partial charge in [-0.2, -0.15) is 0 Å². The Morgan fingerprint density at radius 1 is 1.40 bits per heavy atom. The van der Waals surface area contributed by atoms with Gasteiger partial charge in [0, 0.05) is 11.8 Å². The van der Waals surface area contributed by atoms with Crippen molar-refractivity contribution in [3.63, 3.8) is 0 Å². The van der Waals surface area contributed by atoms with Crippen molar-refractivity contribution in [2.45, 2.75) is 50.7 Å². The molecule has 0 aromatic rings. The first-order valence-electron chi connectivity index (χ1n) is 6.33. The molecule has 1 unspecified atom stereocenters. The minimum absolute atomic E-state index is 0.751. The van der Waals surface area contributed by atoms with E-state index in [4.69, 9.17) is 0 Å². The van der Waals surface area contributed by atoms with E-state index in [1.165, 1.54) is 43.7 Å². The van der Waals surface area contributed by atoms with Gasteiger partial charge >= 0.3 is 0 Å². The van der Waals surface area contributed by atoms with Gasteiger partial charge in [0.15, 0.2) is 5.17 Å². The number of amidine groups is 1. The summed E-state index contributed by atoms with van der Waals surface area (Å²) in [7, 11) is 0. The summed E-state index contributed by atoms with van der Waals surface area (Å²) < 4.78 is 0. The highest BCUT2D eigenvalue weighted by molar-refractivity contribution is 8.14. The van der Waals surface area contributed by atoms with Crippen molar-refractivity contribution < 1.29 is 0 Å². The first-order chi connectivity index (χ1) is 7.38. The molecule has 0 spiro atoms. The van der Waals surface area contributed by atoms with Crippen molar-refractivity contribution in [2.75, 3.05) is 13.1 Å². The number of aliphatic imine (C=N–C) groups is 1. The normalized spacial score (nSPS) is 26.2. The monoisotopic (exact) mass is 226 g/mol. The van der Waals surface area contributed by atoms with E-state index in [2.05, 4.69) is 17.2 Å². The number of hydrogen-bond acceptors (Lipinski definition) is 3. The molecule has 2 nitrogen and oxygen atoms in total. The molecule has 0 aromatic carbocycles. The summed E-state index contributed by atoms with van der Waals surface area (Å²) >= 11 is 1.95. The summed E-state index contributed by atoms with van der Waals surface area (Å²) in [4.78, 5) is 4.54. The van der Waals surface area contributed by atoms with Crippen molar-refractivity contribution in [3.05, 3.63) is 0 Å². The first kappa shape index (κ1) is 11.3. The molecule has 0 aromatic heterocycles. The van der Waals surface area contributed by atoms with E-state index in [-0.39, 0.29) is 0 Å². The number of nitrogens with one attached hydrogen (secondary N) is 1. The minimum atomic E-state index is 0.751. The summed E-state index contributed by atoms with van der Waals surface area (Å²) in [6, 6.07) is 0. The molecule has 3 heteroatoms. The molecule has 1 atom stereocenters. The summed E-state index contributed by atoms with van der Waals surface area (Å²) in [5, 5.41) is 5.43. The molecule has 1 fully saturated rings. The Bertz CT molecular complexity index is 224. The van der Waals surface area contributed by atoms with E-state index in [0.29, 0.717) is 0 Å². The summed E-state index contributed by atoms with van der Waals surface area (Å²) in [5.74, 6) is 1.01. The van der Waals surface area contributed by atoms with Crippen LogP contribution in [0.4, 0.5) is 0 Å². The fraction of sp³-hybridized carbons (Fsp3) is 0.917. The number of nitrogens with zero attached hydrogens (tertiary/aromatic N) is 1. The van der Waals surface area contributed by atoms with Crippen molar-refractivity contribution in [1.29, 1.82) is 0 Å². The Morgan fingerprint density at radius 3 is 2.93 bits per heavy atom. The van der Waals surface area contributed by atoms with Crippen LogP contribution in [-0.4, -0.2) is 23.5 Å². The lowest BCUT2D eigenvalue weighted by atomic mass is 9.83. The van der Waals surface area contributed by atoms with Gasteiger partial charge in [0.05, 0.1) is 6.54 Å². The Balaban J connectivity index is 1.55. The van der Waals surface area contributed by atoms with E-state index in [1.54, 1.807) is 0 Å². The molecule has 1 aliphatic heterocycles. The van der Waals surface area contributed by atoms with Gasteiger partial charge in [-0.15, -0.1) is 0 Å². The summed E-state index contributed by atoms with van der Waals surface area (Å²) in [6.45, 7) is 4.42. The SMILES string of the molecule is CCCC1CN=C(NCCC2CCC2)S1. The molecule has 2 rings (SSSR count). The van der Waals surface area contributed by atoms with Gasteiger partial charge in [-0.3, -0.25) is 4.99 Å². The van der Waals surface area contributed by atoms with Gasteiger partial charge < -0.3 is 5.32 Å². The zero-order chi connectivity index (χ0) is 10.5. The second-order valence-corrected chi connectivity index (χ2v) is 5.98. The van der Waals surface area contributed by atoms with Crippen LogP contribution >= 0.6 is 11.8 Å². The second kappa shape index (κ2) is 5.78. The maximum Gasteiger partial charge on any atom is 0.156 e. The van der Waals surface area contributed by atoms with E-state index >= 15 is 0 Å². The van der Waals surface area contributed by atoms with Crippen LogP contribution in [0.3, 0.4) is 0 Å². The second-order valence-electron chi connectivity index (χ2n) is 4.69. The Hall–Kier alpha value is -0.180. The molecule has 2 aliphatic rings. The lowest BCUT2D eigenvalue weighted by molar-refractivity contribution is 0.297. The smallest absolute Gasteiger partial charge is 0.156 e. The highest BCUT2D eigenvalue weighted by Crippen LogP contribution is 2.29. The number of thioether (sulfide) groups is 1. The van der Waals surface area contributed by atoms with Crippen molar-refractivity contribution in [2.24, 2.45) is 10.9 Å². The third-order valence-corrected chi connectivity index (χ3v) is 4.60. The molecular weight excluding hydrogens is 204 g/mol. The van der Waals surface area contributed by atoms with Crippen LogP contribution in [0, 0.1) is 5.92 Å². The van der Waals surface area contributed by atoms with Crippen LogP contribution in [0.1, 0.15) is 45.4 Å². The van der Waals surface area contributed by atoms with Gasteiger partial charge in [0.1, 0.15) is 0 Å². The van der Waals surface area contributed by atoms with E-state index in [9.17, 15) is 0 Å². The fourth-order valence-corrected chi connectivity index (χ4v) is 3.30. The van der Waals surface area contributed by atoms with Gasteiger partial charge in [-0.05, 0) is 18.8 Å². The molecule has 0 radical (unpaired) electrons. The molecule has 86 valence electrons. The van der Waals surface area contributed by atoms with Gasteiger partial charge in [0.2, 0.25) is 0 Å². The van der Waals surface area contributed by atoms with Gasteiger partial charge in [-0.25, -0.2) is 0 Å². The average molecular weight is 226 g/mol. The largest absolute Gasteiger partial charge is 0.365 e. The van der Waals surface area contributed by atoms with Crippen LogP contribution in [0.5, 0.6) is 0 Å². The van der Waals surface area contributed by atoms with E-state index in [1.807, 2.05) is 11.8 Å². The van der Waals surface area contributed by atoms with Crippen molar-refractivity contribution in [1.82, 2.24) is 5.32 Å². The Kier molecular flexibility index (Phi) is 4.36. The molecule has 0 saturated heterocycles. The molecule has 0 bridgehead atoms. The van der Waals surface area contributed by atoms with Crippen LogP contribution in [0.25, 0.3) is 0 Å². The highest BCUT2D eigenvalue weighted by atomic mass is 32.2. The van der Waals surface area contributed by atoms with Crippen LogP contribution in [0.15, 0.2) is 4.99 Å². The molecule has 0 amide bonds. The third kappa shape index (κ3) is 3.40. The standard InChI is InChI=1S/C12H22N2S/c1-2-4-11-9-14-12(15-11)13-8-7-10-5-3-6-10/h10-11H,2-9H2,1H3,(H,13,14). The lowest BCUT2D eigenvalue weighted by Crippen LogP contribution is -2.24. The molecular formula is C12H22N2S. The molecule has 15 heavy (non-hydrogen) atoms. The van der Waals surface area contributed by atoms with Crippen LogP contribution < -0.4 is 5.32 Å². The zero-order valence-electron chi connectivity index (χ0n) is 9.67. The maximum atomic E-state index is 4.54. The van der Waals surface area contributed by atoms with Gasteiger partial charge in [-0.1, -0.05) is 44.4 Å².